The molecule has 1 aromatic heterocycles. The summed E-state index contributed by atoms with van der Waals surface area (Å²) in [5, 5.41) is 7.79. The summed E-state index contributed by atoms with van der Waals surface area (Å²) in [6.45, 7) is 14.7. The molecule has 3 rings (SSSR count). The van der Waals surface area contributed by atoms with Gasteiger partial charge >= 0.3 is 0 Å². The van der Waals surface area contributed by atoms with E-state index >= 15 is 0 Å². The van der Waals surface area contributed by atoms with E-state index in [1.807, 2.05) is 6.92 Å². The standard InChI is InChI=1S/C27H37F2N5O2S/c1-9-34(37(35,36)24-16-33(8)19(3)31-24)17-27(6)14-13-20(26(27,4)5)18(2)15-23(32-30-7)25-21(28)11-10-12-22(25)29/h10-12,15-16,20H,2,9,13-14,17H2,1,3-8H3/b23-15-,32-30-. The van der Waals surface area contributed by atoms with Crippen LogP contribution in [-0.2, 0) is 17.1 Å². The van der Waals surface area contributed by atoms with Crippen LogP contribution in [0.3, 0.4) is 0 Å². The number of allylic oxidation sites excluding steroid dienone is 2. The van der Waals surface area contributed by atoms with Crippen LogP contribution in [0.5, 0.6) is 0 Å². The summed E-state index contributed by atoms with van der Waals surface area (Å²) in [5.41, 5.74) is -0.286. The fourth-order valence-corrected chi connectivity index (χ4v) is 6.91. The third-order valence-electron chi connectivity index (χ3n) is 8.18. The van der Waals surface area contributed by atoms with E-state index in [2.05, 4.69) is 42.6 Å². The van der Waals surface area contributed by atoms with E-state index in [-0.39, 0.29) is 27.6 Å². The number of hydrogen-bond donors (Lipinski definition) is 0. The van der Waals surface area contributed by atoms with Crippen molar-refractivity contribution < 1.29 is 17.2 Å². The quantitative estimate of drug-likeness (QED) is 0.287. The van der Waals surface area contributed by atoms with Crippen molar-refractivity contribution in [1.82, 2.24) is 13.9 Å². The summed E-state index contributed by atoms with van der Waals surface area (Å²) in [5.74, 6) is -0.893. The minimum atomic E-state index is -3.78. The van der Waals surface area contributed by atoms with Crippen molar-refractivity contribution in [3.63, 3.8) is 0 Å². The number of aryl methyl sites for hydroxylation is 2. The highest BCUT2D eigenvalue weighted by Gasteiger charge is 2.53. The molecule has 202 valence electrons. The van der Waals surface area contributed by atoms with Crippen LogP contribution < -0.4 is 0 Å². The highest BCUT2D eigenvalue weighted by molar-refractivity contribution is 7.89. The SMILES string of the molecule is C=C(/C=C(\N=N/C)c1c(F)cccc1F)C1CCC(C)(CN(CC)S(=O)(=O)c2cn(C)c(C)n2)C1(C)C. The van der Waals surface area contributed by atoms with Gasteiger partial charge in [0.05, 0.1) is 11.3 Å². The second-order valence-corrected chi connectivity index (χ2v) is 12.4. The molecule has 1 fully saturated rings. The molecule has 1 heterocycles. The predicted octanol–water partition coefficient (Wildman–Crippen LogP) is 6.14. The lowest BCUT2D eigenvalue weighted by Gasteiger charge is -2.44. The van der Waals surface area contributed by atoms with E-state index in [0.717, 1.165) is 12.8 Å². The Labute approximate surface area is 219 Å². The molecule has 1 aliphatic rings. The number of benzene rings is 1. The zero-order valence-electron chi connectivity index (χ0n) is 22.7. The normalized spacial score (nSPS) is 22.3. The lowest BCUT2D eigenvalue weighted by molar-refractivity contribution is 0.0802. The molecule has 37 heavy (non-hydrogen) atoms. The highest BCUT2D eigenvalue weighted by Crippen LogP contribution is 2.58. The van der Waals surface area contributed by atoms with E-state index in [1.54, 1.807) is 24.6 Å². The van der Waals surface area contributed by atoms with E-state index in [4.69, 9.17) is 0 Å². The Morgan fingerprint density at radius 3 is 2.43 bits per heavy atom. The van der Waals surface area contributed by atoms with E-state index < -0.39 is 27.1 Å². The zero-order chi connectivity index (χ0) is 27.8. The van der Waals surface area contributed by atoms with Gasteiger partial charge in [0.25, 0.3) is 10.0 Å². The summed E-state index contributed by atoms with van der Waals surface area (Å²) in [4.78, 5) is 4.25. The molecule has 7 nitrogen and oxygen atoms in total. The number of sulfonamides is 1. The first-order chi connectivity index (χ1) is 17.2. The third kappa shape index (κ3) is 5.31. The molecule has 2 unspecified atom stereocenters. The van der Waals surface area contributed by atoms with Crippen molar-refractivity contribution in [2.24, 2.45) is 34.0 Å². The van der Waals surface area contributed by atoms with Crippen LogP contribution in [0.2, 0.25) is 0 Å². The number of rotatable bonds is 9. The van der Waals surface area contributed by atoms with Gasteiger partial charge in [0.1, 0.15) is 17.5 Å². The summed E-state index contributed by atoms with van der Waals surface area (Å²) < 4.78 is 59.1. The number of imidazole rings is 1. The largest absolute Gasteiger partial charge is 0.337 e. The van der Waals surface area contributed by atoms with Crippen molar-refractivity contribution >= 4 is 15.7 Å². The Balaban J connectivity index is 1.93. The number of halogens is 2. The Bertz CT molecular complexity index is 1310. The maximum atomic E-state index is 14.5. The molecule has 2 atom stereocenters. The molecule has 0 radical (unpaired) electrons. The van der Waals surface area contributed by atoms with Gasteiger partial charge in [-0.2, -0.15) is 14.5 Å². The number of aromatic nitrogens is 2. The van der Waals surface area contributed by atoms with Gasteiger partial charge in [-0.3, -0.25) is 0 Å². The van der Waals surface area contributed by atoms with Gasteiger partial charge in [0, 0.05) is 33.4 Å². The molecule has 0 aliphatic heterocycles. The fraction of sp³-hybridized carbons (Fsp3) is 0.519. The van der Waals surface area contributed by atoms with Gasteiger partial charge in [0.2, 0.25) is 0 Å². The lowest BCUT2D eigenvalue weighted by atomic mass is 9.64. The molecule has 1 aliphatic carbocycles. The van der Waals surface area contributed by atoms with E-state index in [9.17, 15) is 17.2 Å². The molecule has 0 saturated heterocycles. The number of azo groups is 1. The van der Waals surface area contributed by atoms with Crippen LogP contribution in [0.25, 0.3) is 5.70 Å². The lowest BCUT2D eigenvalue weighted by Crippen LogP contribution is -2.46. The van der Waals surface area contributed by atoms with Gasteiger partial charge in [0.15, 0.2) is 5.03 Å². The first-order valence-corrected chi connectivity index (χ1v) is 13.8. The van der Waals surface area contributed by atoms with Crippen LogP contribution >= 0.6 is 0 Å². The summed E-state index contributed by atoms with van der Waals surface area (Å²) in [6.07, 6.45) is 4.63. The predicted molar refractivity (Wildman–Crippen MR) is 141 cm³/mol. The molecule has 0 amide bonds. The fourth-order valence-electron chi connectivity index (χ4n) is 5.31. The molecular formula is C27H37F2N5O2S. The van der Waals surface area contributed by atoms with Crippen LogP contribution in [0, 0.1) is 35.3 Å². The molecule has 10 heteroatoms. The first-order valence-electron chi connectivity index (χ1n) is 12.3. The zero-order valence-corrected chi connectivity index (χ0v) is 23.5. The van der Waals surface area contributed by atoms with Crippen LogP contribution in [0.1, 0.15) is 51.9 Å². The van der Waals surface area contributed by atoms with Crippen molar-refractivity contribution in [2.45, 2.75) is 52.5 Å². The molecule has 1 saturated carbocycles. The van der Waals surface area contributed by atoms with E-state index in [1.165, 1.54) is 35.7 Å². The maximum Gasteiger partial charge on any atom is 0.262 e. The summed E-state index contributed by atoms with van der Waals surface area (Å²) in [7, 11) is -0.576. The van der Waals surface area contributed by atoms with E-state index in [0.29, 0.717) is 24.5 Å². The van der Waals surface area contributed by atoms with Gasteiger partial charge in [-0.15, -0.1) is 0 Å². The molecule has 0 N–H and O–H groups in total. The van der Waals surface area contributed by atoms with Crippen molar-refractivity contribution in [1.29, 1.82) is 0 Å². The van der Waals surface area contributed by atoms with Gasteiger partial charge < -0.3 is 4.57 Å². The van der Waals surface area contributed by atoms with Crippen LogP contribution in [0.15, 0.2) is 57.9 Å². The molecule has 0 spiro atoms. The van der Waals surface area contributed by atoms with Crippen LogP contribution in [-0.4, -0.2) is 42.4 Å². The number of nitrogens with zero attached hydrogens (tertiary/aromatic N) is 5. The Kier molecular flexibility index (Phi) is 8.24. The topological polar surface area (TPSA) is 79.9 Å². The Morgan fingerprint density at radius 2 is 1.92 bits per heavy atom. The Hall–Kier alpha value is -2.72. The van der Waals surface area contributed by atoms with Crippen LogP contribution in [0.4, 0.5) is 8.78 Å². The second kappa shape index (κ2) is 10.6. The van der Waals surface area contributed by atoms with Gasteiger partial charge in [-0.25, -0.2) is 22.2 Å². The van der Waals surface area contributed by atoms with Gasteiger partial charge in [-0.1, -0.05) is 40.3 Å². The molecule has 2 aromatic rings. The Morgan fingerprint density at radius 1 is 1.30 bits per heavy atom. The molecule has 1 aromatic carbocycles. The molecular weight excluding hydrogens is 496 g/mol. The third-order valence-corrected chi connectivity index (χ3v) is 9.97. The minimum Gasteiger partial charge on any atom is -0.337 e. The average molecular weight is 534 g/mol. The maximum absolute atomic E-state index is 14.5. The monoisotopic (exact) mass is 533 g/mol. The number of hydrogen-bond acceptors (Lipinski definition) is 5. The van der Waals surface area contributed by atoms with Gasteiger partial charge in [-0.05, 0) is 60.3 Å². The smallest absolute Gasteiger partial charge is 0.262 e. The van der Waals surface area contributed by atoms with Crippen molar-refractivity contribution in [2.75, 3.05) is 20.1 Å². The highest BCUT2D eigenvalue weighted by atomic mass is 32.2. The van der Waals surface area contributed by atoms with Crippen molar-refractivity contribution in [3.05, 3.63) is 65.6 Å². The second-order valence-electron chi connectivity index (χ2n) is 10.5. The first kappa shape index (κ1) is 28.8. The average Bonchev–Trinajstić information content (AvgIpc) is 3.27. The summed E-state index contributed by atoms with van der Waals surface area (Å²) in [6, 6.07) is 3.66. The molecule has 0 bridgehead atoms. The minimum absolute atomic E-state index is 0.0409. The van der Waals surface area contributed by atoms with Crippen molar-refractivity contribution in [3.8, 4) is 0 Å². The summed E-state index contributed by atoms with van der Waals surface area (Å²) >= 11 is 0.